The zero-order chi connectivity index (χ0) is 15.5. The summed E-state index contributed by atoms with van der Waals surface area (Å²) < 4.78 is 6.93. The maximum absolute atomic E-state index is 12.1. The molecule has 1 amide bonds. The number of hydrogen-bond acceptors (Lipinski definition) is 3. The summed E-state index contributed by atoms with van der Waals surface area (Å²) in [5.74, 6) is -0.816. The normalized spacial score (nSPS) is 12.9. The lowest BCUT2D eigenvalue weighted by atomic mass is 10.2. The molecule has 1 atom stereocenters. The summed E-state index contributed by atoms with van der Waals surface area (Å²) in [5.41, 5.74) is -0.156. The number of carbonyl (C=O) groups is 2. The SMILES string of the molecule is CCn1cc(Cl)cc1C(=O)N[C@@H](C)C(=O)OC(C)(C)C. The molecular weight excluding hydrogens is 280 g/mol. The van der Waals surface area contributed by atoms with Gasteiger partial charge in [-0.15, -0.1) is 0 Å². The van der Waals surface area contributed by atoms with E-state index in [-0.39, 0.29) is 5.91 Å². The Labute approximate surface area is 124 Å². The number of carbonyl (C=O) groups excluding carboxylic acids is 2. The number of amides is 1. The quantitative estimate of drug-likeness (QED) is 0.870. The highest BCUT2D eigenvalue weighted by Crippen LogP contribution is 2.14. The van der Waals surface area contributed by atoms with E-state index >= 15 is 0 Å². The van der Waals surface area contributed by atoms with E-state index in [4.69, 9.17) is 16.3 Å². The number of aryl methyl sites for hydroxylation is 1. The number of halogens is 1. The van der Waals surface area contributed by atoms with E-state index < -0.39 is 17.6 Å². The van der Waals surface area contributed by atoms with E-state index in [1.807, 2.05) is 6.92 Å². The van der Waals surface area contributed by atoms with E-state index in [1.165, 1.54) is 0 Å². The highest BCUT2D eigenvalue weighted by molar-refractivity contribution is 6.31. The van der Waals surface area contributed by atoms with Crippen molar-refractivity contribution in [1.29, 1.82) is 0 Å². The van der Waals surface area contributed by atoms with Crippen LogP contribution in [0, 0.1) is 0 Å². The Morgan fingerprint density at radius 2 is 2.05 bits per heavy atom. The maximum Gasteiger partial charge on any atom is 0.328 e. The van der Waals surface area contributed by atoms with Crippen molar-refractivity contribution in [3.8, 4) is 0 Å². The molecule has 1 aromatic heterocycles. The lowest BCUT2D eigenvalue weighted by molar-refractivity contribution is -0.156. The van der Waals surface area contributed by atoms with Gasteiger partial charge in [0.25, 0.3) is 5.91 Å². The van der Waals surface area contributed by atoms with E-state index in [9.17, 15) is 9.59 Å². The Bertz CT molecular complexity index is 503. The molecule has 0 spiro atoms. The van der Waals surface area contributed by atoms with Crippen LogP contribution >= 0.6 is 11.6 Å². The monoisotopic (exact) mass is 300 g/mol. The van der Waals surface area contributed by atoms with Gasteiger partial charge in [0.1, 0.15) is 17.3 Å². The van der Waals surface area contributed by atoms with Crippen LogP contribution < -0.4 is 5.32 Å². The first-order chi connectivity index (χ1) is 9.14. The topological polar surface area (TPSA) is 60.3 Å². The van der Waals surface area contributed by atoms with Gasteiger partial charge in [-0.05, 0) is 40.7 Å². The average Bonchev–Trinajstić information content (AvgIpc) is 2.68. The first kappa shape index (κ1) is 16.6. The van der Waals surface area contributed by atoms with Crippen molar-refractivity contribution in [3.05, 3.63) is 23.0 Å². The summed E-state index contributed by atoms with van der Waals surface area (Å²) in [5, 5.41) is 3.10. The molecule has 1 rings (SSSR count). The van der Waals surface area contributed by atoms with Crippen LogP contribution in [0.25, 0.3) is 0 Å². The number of ether oxygens (including phenoxy) is 1. The van der Waals surface area contributed by atoms with E-state index in [0.29, 0.717) is 17.3 Å². The molecule has 0 bridgehead atoms. The summed E-state index contributed by atoms with van der Waals surface area (Å²) in [6.45, 7) is 9.46. The van der Waals surface area contributed by atoms with E-state index in [1.54, 1.807) is 44.5 Å². The Balaban J connectivity index is 2.72. The Hall–Kier alpha value is -1.49. The van der Waals surface area contributed by atoms with Gasteiger partial charge in [-0.1, -0.05) is 11.6 Å². The molecule has 0 unspecified atom stereocenters. The van der Waals surface area contributed by atoms with Crippen LogP contribution in [0.4, 0.5) is 0 Å². The van der Waals surface area contributed by atoms with Crippen LogP contribution in [0.3, 0.4) is 0 Å². The van der Waals surface area contributed by atoms with Crippen molar-refractivity contribution in [2.45, 2.75) is 52.8 Å². The molecule has 0 aliphatic rings. The van der Waals surface area contributed by atoms with Crippen LogP contribution in [0.15, 0.2) is 12.3 Å². The molecule has 1 N–H and O–H groups in total. The Morgan fingerprint density at radius 3 is 2.55 bits per heavy atom. The summed E-state index contributed by atoms with van der Waals surface area (Å²) in [4.78, 5) is 23.9. The van der Waals surface area contributed by atoms with Crippen molar-refractivity contribution in [3.63, 3.8) is 0 Å². The summed E-state index contributed by atoms with van der Waals surface area (Å²) >= 11 is 5.88. The fraction of sp³-hybridized carbons (Fsp3) is 0.571. The molecule has 0 saturated carbocycles. The number of nitrogens with zero attached hydrogens (tertiary/aromatic N) is 1. The lowest BCUT2D eigenvalue weighted by Gasteiger charge is -2.22. The molecule has 112 valence electrons. The van der Waals surface area contributed by atoms with Gasteiger partial charge in [0.2, 0.25) is 0 Å². The fourth-order valence-corrected chi connectivity index (χ4v) is 1.87. The largest absolute Gasteiger partial charge is 0.458 e. The van der Waals surface area contributed by atoms with Crippen molar-refractivity contribution in [1.82, 2.24) is 9.88 Å². The standard InChI is InChI=1S/C14H21ClN2O3/c1-6-17-8-10(15)7-11(17)12(18)16-9(2)13(19)20-14(3,4)5/h7-9H,6H2,1-5H3,(H,16,18)/t9-/m0/s1. The minimum absolute atomic E-state index is 0.350. The van der Waals surface area contributed by atoms with Gasteiger partial charge in [-0.3, -0.25) is 4.79 Å². The molecular formula is C14H21ClN2O3. The third-order valence-corrected chi connectivity index (χ3v) is 2.75. The molecule has 1 heterocycles. The summed E-state index contributed by atoms with van der Waals surface area (Å²) in [6.07, 6.45) is 1.68. The zero-order valence-electron chi connectivity index (χ0n) is 12.5. The van der Waals surface area contributed by atoms with Crippen LogP contribution in [0.2, 0.25) is 5.02 Å². The lowest BCUT2D eigenvalue weighted by Crippen LogP contribution is -2.42. The highest BCUT2D eigenvalue weighted by atomic mass is 35.5. The maximum atomic E-state index is 12.1. The summed E-state index contributed by atoms with van der Waals surface area (Å²) in [7, 11) is 0. The van der Waals surface area contributed by atoms with Gasteiger partial charge in [0, 0.05) is 12.7 Å². The number of aromatic nitrogens is 1. The van der Waals surface area contributed by atoms with Crippen LogP contribution in [-0.2, 0) is 16.1 Å². The molecule has 0 aromatic carbocycles. The molecule has 0 fully saturated rings. The van der Waals surface area contributed by atoms with Crippen LogP contribution in [0.5, 0.6) is 0 Å². The number of esters is 1. The second kappa shape index (κ2) is 6.31. The van der Waals surface area contributed by atoms with Crippen molar-refractivity contribution in [2.24, 2.45) is 0 Å². The minimum Gasteiger partial charge on any atom is -0.458 e. The third-order valence-electron chi connectivity index (χ3n) is 2.54. The predicted octanol–water partition coefficient (Wildman–Crippen LogP) is 2.62. The minimum atomic E-state index is -0.722. The third kappa shape index (κ3) is 4.56. The second-order valence-corrected chi connectivity index (χ2v) is 5.99. The van der Waals surface area contributed by atoms with Crippen LogP contribution in [0.1, 0.15) is 45.1 Å². The van der Waals surface area contributed by atoms with Gasteiger partial charge >= 0.3 is 5.97 Å². The highest BCUT2D eigenvalue weighted by Gasteiger charge is 2.24. The number of hydrogen-bond donors (Lipinski definition) is 1. The average molecular weight is 301 g/mol. The molecule has 20 heavy (non-hydrogen) atoms. The van der Waals surface area contributed by atoms with Crippen molar-refractivity contribution < 1.29 is 14.3 Å². The first-order valence-electron chi connectivity index (χ1n) is 6.53. The predicted molar refractivity (Wildman–Crippen MR) is 77.9 cm³/mol. The molecule has 0 saturated heterocycles. The molecule has 1 aromatic rings. The Morgan fingerprint density at radius 1 is 1.45 bits per heavy atom. The van der Waals surface area contributed by atoms with Crippen LogP contribution in [-0.4, -0.2) is 28.1 Å². The first-order valence-corrected chi connectivity index (χ1v) is 6.91. The Kier molecular flexibility index (Phi) is 5.22. The van der Waals surface area contributed by atoms with Gasteiger partial charge in [0.15, 0.2) is 0 Å². The van der Waals surface area contributed by atoms with E-state index in [2.05, 4.69) is 5.32 Å². The summed E-state index contributed by atoms with van der Waals surface area (Å²) in [6, 6.07) is 0.850. The number of nitrogens with one attached hydrogen (secondary N) is 1. The van der Waals surface area contributed by atoms with Gasteiger partial charge in [0.05, 0.1) is 5.02 Å². The fourth-order valence-electron chi connectivity index (χ4n) is 1.65. The smallest absolute Gasteiger partial charge is 0.328 e. The van der Waals surface area contributed by atoms with Gasteiger partial charge in [-0.25, -0.2) is 4.79 Å². The molecule has 6 heteroatoms. The molecule has 0 aliphatic heterocycles. The van der Waals surface area contributed by atoms with Crippen molar-refractivity contribution >= 4 is 23.5 Å². The molecule has 0 radical (unpaired) electrons. The molecule has 0 aliphatic carbocycles. The van der Waals surface area contributed by atoms with Gasteiger partial charge in [-0.2, -0.15) is 0 Å². The van der Waals surface area contributed by atoms with Crippen molar-refractivity contribution in [2.75, 3.05) is 0 Å². The van der Waals surface area contributed by atoms with E-state index in [0.717, 1.165) is 0 Å². The second-order valence-electron chi connectivity index (χ2n) is 5.56. The number of rotatable bonds is 4. The van der Waals surface area contributed by atoms with Gasteiger partial charge < -0.3 is 14.6 Å². The molecule has 5 nitrogen and oxygen atoms in total. The zero-order valence-corrected chi connectivity index (χ0v) is 13.2.